The van der Waals surface area contributed by atoms with E-state index in [1.54, 1.807) is 0 Å². The van der Waals surface area contributed by atoms with Crippen molar-refractivity contribution >= 4 is 12.4 Å². The van der Waals surface area contributed by atoms with Gasteiger partial charge in [0, 0.05) is 12.6 Å². The highest BCUT2D eigenvalue weighted by Gasteiger charge is 2.21. The summed E-state index contributed by atoms with van der Waals surface area (Å²) in [5, 5.41) is 0. The third-order valence-corrected chi connectivity index (χ3v) is 3.76. The van der Waals surface area contributed by atoms with E-state index in [1.165, 1.54) is 36.9 Å². The molecular weight excluding hydrogens is 244 g/mol. The quantitative estimate of drug-likeness (QED) is 0.909. The molecule has 0 aromatic heterocycles. The minimum absolute atomic E-state index is 0. The summed E-state index contributed by atoms with van der Waals surface area (Å²) in [6.45, 7) is 5.28. The van der Waals surface area contributed by atoms with Crippen LogP contribution in [-0.2, 0) is 6.54 Å². The highest BCUT2D eigenvalue weighted by atomic mass is 35.5. The third-order valence-electron chi connectivity index (χ3n) is 3.76. The first-order chi connectivity index (χ1) is 8.29. The van der Waals surface area contributed by atoms with Crippen molar-refractivity contribution in [2.75, 3.05) is 13.1 Å². The van der Waals surface area contributed by atoms with E-state index < -0.39 is 0 Å². The van der Waals surface area contributed by atoms with Crippen LogP contribution in [0.4, 0.5) is 0 Å². The maximum Gasteiger partial charge on any atom is 0.0236 e. The van der Waals surface area contributed by atoms with Crippen LogP contribution in [0.1, 0.15) is 36.8 Å². The van der Waals surface area contributed by atoms with Gasteiger partial charge in [-0.15, -0.1) is 12.4 Å². The van der Waals surface area contributed by atoms with Gasteiger partial charge in [0.1, 0.15) is 0 Å². The Hall–Kier alpha value is -0.570. The van der Waals surface area contributed by atoms with Gasteiger partial charge in [0.15, 0.2) is 0 Å². The van der Waals surface area contributed by atoms with Gasteiger partial charge in [-0.3, -0.25) is 4.90 Å². The van der Waals surface area contributed by atoms with Crippen LogP contribution >= 0.6 is 12.4 Å². The summed E-state index contributed by atoms with van der Waals surface area (Å²) in [7, 11) is 0. The molecule has 2 rings (SSSR count). The highest BCUT2D eigenvalue weighted by molar-refractivity contribution is 5.85. The van der Waals surface area contributed by atoms with Gasteiger partial charge in [0.2, 0.25) is 0 Å². The fourth-order valence-corrected chi connectivity index (χ4v) is 2.72. The molecule has 1 aromatic rings. The SMILES string of the molecule is Cc1ccc(CN2CCCCC2CCN)cc1.Cl. The molecular formula is C15H25ClN2. The van der Waals surface area contributed by atoms with Crippen LogP contribution in [0.25, 0.3) is 0 Å². The van der Waals surface area contributed by atoms with Crippen molar-refractivity contribution in [3.63, 3.8) is 0 Å². The molecule has 0 bridgehead atoms. The van der Waals surface area contributed by atoms with Gasteiger partial charge in [-0.05, 0) is 44.8 Å². The summed E-state index contributed by atoms with van der Waals surface area (Å²) in [6.07, 6.45) is 5.18. The smallest absolute Gasteiger partial charge is 0.0236 e. The van der Waals surface area contributed by atoms with Crippen LogP contribution in [0.5, 0.6) is 0 Å². The van der Waals surface area contributed by atoms with Crippen molar-refractivity contribution in [2.24, 2.45) is 5.73 Å². The molecule has 2 nitrogen and oxygen atoms in total. The average Bonchev–Trinajstić information content (AvgIpc) is 2.35. The first kappa shape index (κ1) is 15.5. The summed E-state index contributed by atoms with van der Waals surface area (Å²) in [5.74, 6) is 0. The molecule has 0 spiro atoms. The zero-order valence-corrected chi connectivity index (χ0v) is 12.1. The maximum absolute atomic E-state index is 5.71. The number of rotatable bonds is 4. The van der Waals surface area contributed by atoms with Gasteiger partial charge in [0.25, 0.3) is 0 Å². The monoisotopic (exact) mass is 268 g/mol. The Morgan fingerprint density at radius 1 is 1.22 bits per heavy atom. The molecule has 3 heteroatoms. The Bertz CT molecular complexity index is 335. The first-order valence-electron chi connectivity index (χ1n) is 6.79. The molecule has 0 amide bonds. The van der Waals surface area contributed by atoms with Crippen LogP contribution < -0.4 is 5.73 Å². The van der Waals surface area contributed by atoms with Crippen molar-refractivity contribution in [1.82, 2.24) is 4.90 Å². The van der Waals surface area contributed by atoms with Crippen LogP contribution in [-0.4, -0.2) is 24.0 Å². The molecule has 1 saturated heterocycles. The summed E-state index contributed by atoms with van der Waals surface area (Å²) < 4.78 is 0. The van der Waals surface area contributed by atoms with E-state index >= 15 is 0 Å². The second-order valence-electron chi connectivity index (χ2n) is 5.18. The van der Waals surface area contributed by atoms with Crippen LogP contribution in [0.2, 0.25) is 0 Å². The lowest BCUT2D eigenvalue weighted by molar-refractivity contribution is 0.134. The lowest BCUT2D eigenvalue weighted by atomic mass is 9.98. The van der Waals surface area contributed by atoms with Crippen molar-refractivity contribution in [1.29, 1.82) is 0 Å². The van der Waals surface area contributed by atoms with Gasteiger partial charge in [-0.2, -0.15) is 0 Å². The number of piperidine rings is 1. The molecule has 1 aliphatic rings. The van der Waals surface area contributed by atoms with Crippen LogP contribution in [0.3, 0.4) is 0 Å². The minimum atomic E-state index is 0. The molecule has 1 aliphatic heterocycles. The molecule has 1 aromatic carbocycles. The number of hydrogen-bond acceptors (Lipinski definition) is 2. The Morgan fingerprint density at radius 2 is 1.94 bits per heavy atom. The Balaban J connectivity index is 0.00000162. The molecule has 0 aliphatic carbocycles. The molecule has 18 heavy (non-hydrogen) atoms. The molecule has 1 heterocycles. The Morgan fingerprint density at radius 3 is 2.61 bits per heavy atom. The van der Waals surface area contributed by atoms with E-state index in [0.717, 1.165) is 19.5 Å². The summed E-state index contributed by atoms with van der Waals surface area (Å²) >= 11 is 0. The van der Waals surface area contributed by atoms with Crippen molar-refractivity contribution in [2.45, 2.75) is 45.2 Å². The number of aryl methyl sites for hydroxylation is 1. The lowest BCUT2D eigenvalue weighted by Crippen LogP contribution is -2.40. The zero-order chi connectivity index (χ0) is 12.1. The van der Waals surface area contributed by atoms with Gasteiger partial charge < -0.3 is 5.73 Å². The molecule has 2 N–H and O–H groups in total. The molecule has 0 saturated carbocycles. The topological polar surface area (TPSA) is 29.3 Å². The van der Waals surface area contributed by atoms with Gasteiger partial charge in [-0.25, -0.2) is 0 Å². The maximum atomic E-state index is 5.71. The molecule has 1 atom stereocenters. The van der Waals surface area contributed by atoms with Gasteiger partial charge in [-0.1, -0.05) is 36.2 Å². The van der Waals surface area contributed by atoms with Gasteiger partial charge >= 0.3 is 0 Å². The van der Waals surface area contributed by atoms with Gasteiger partial charge in [0.05, 0.1) is 0 Å². The number of halogens is 1. The van der Waals surface area contributed by atoms with E-state index in [1.807, 2.05) is 0 Å². The average molecular weight is 269 g/mol. The number of nitrogens with two attached hydrogens (primary N) is 1. The number of likely N-dealkylation sites (tertiary alicyclic amines) is 1. The van der Waals surface area contributed by atoms with Crippen molar-refractivity contribution in [3.8, 4) is 0 Å². The predicted octanol–water partition coefficient (Wildman–Crippen LogP) is 3.12. The highest BCUT2D eigenvalue weighted by Crippen LogP contribution is 2.21. The van der Waals surface area contributed by atoms with Crippen molar-refractivity contribution in [3.05, 3.63) is 35.4 Å². The van der Waals surface area contributed by atoms with Crippen LogP contribution in [0.15, 0.2) is 24.3 Å². The Kier molecular flexibility index (Phi) is 6.69. The second kappa shape index (κ2) is 7.78. The largest absolute Gasteiger partial charge is 0.330 e. The number of hydrogen-bond donors (Lipinski definition) is 1. The molecule has 0 radical (unpaired) electrons. The zero-order valence-electron chi connectivity index (χ0n) is 11.3. The molecule has 1 fully saturated rings. The van der Waals surface area contributed by atoms with E-state index in [4.69, 9.17) is 5.73 Å². The summed E-state index contributed by atoms with van der Waals surface area (Å²) in [4.78, 5) is 2.61. The second-order valence-corrected chi connectivity index (χ2v) is 5.18. The lowest BCUT2D eigenvalue weighted by Gasteiger charge is -2.35. The minimum Gasteiger partial charge on any atom is -0.330 e. The predicted molar refractivity (Wildman–Crippen MR) is 80.1 cm³/mol. The third kappa shape index (κ3) is 4.27. The normalized spacial score (nSPS) is 20.4. The first-order valence-corrected chi connectivity index (χ1v) is 6.79. The molecule has 102 valence electrons. The fraction of sp³-hybridized carbons (Fsp3) is 0.600. The van der Waals surface area contributed by atoms with E-state index in [9.17, 15) is 0 Å². The number of benzene rings is 1. The fourth-order valence-electron chi connectivity index (χ4n) is 2.72. The molecule has 1 unspecified atom stereocenters. The van der Waals surface area contributed by atoms with Crippen molar-refractivity contribution < 1.29 is 0 Å². The van der Waals surface area contributed by atoms with E-state index in [2.05, 4.69) is 36.1 Å². The van der Waals surface area contributed by atoms with Crippen LogP contribution in [0, 0.1) is 6.92 Å². The van der Waals surface area contributed by atoms with E-state index in [-0.39, 0.29) is 12.4 Å². The standard InChI is InChI=1S/C15H24N2.ClH/c1-13-5-7-14(8-6-13)12-17-11-3-2-4-15(17)9-10-16;/h5-8,15H,2-4,9-12,16H2,1H3;1H. The Labute approximate surface area is 117 Å². The summed E-state index contributed by atoms with van der Waals surface area (Å²) in [5.41, 5.74) is 8.48. The summed E-state index contributed by atoms with van der Waals surface area (Å²) in [6, 6.07) is 9.62. The van der Waals surface area contributed by atoms with E-state index in [0.29, 0.717) is 6.04 Å². The number of nitrogens with zero attached hydrogens (tertiary/aromatic N) is 1.